The lowest BCUT2D eigenvalue weighted by Gasteiger charge is -2.36. The molecular weight excluding hydrogens is 720 g/mol. The number of nitrogens with zero attached hydrogens (tertiary/aromatic N) is 6. The van der Waals surface area contributed by atoms with E-state index in [1.54, 1.807) is 13.0 Å². The highest BCUT2D eigenvalue weighted by Gasteiger charge is 2.51. The number of nitro benzene ring substituents is 3. The molecule has 0 radical (unpaired) electrons. The van der Waals surface area contributed by atoms with Crippen molar-refractivity contribution in [2.24, 2.45) is 5.16 Å². The standard InChI is InChI=1S/C37H26N6O12/c1-4-37(26-14-29-32-20(10-19-7-5-6-8-27(19)38-32)15-40(29)34(44)25(26)16-53-36(37)46)54-35(45)18(3)55-39-33-23-11-21(41(47)48)9-17(2)30(23)31-24(33)12-22(42(49)50)13-28(31)43(51)52/h5-14,18H,4,15-16H2,1-3H3/b39-33-/t18-,37+/m1/s1. The number of fused-ring (bicyclic) bond motifs is 8. The van der Waals surface area contributed by atoms with Crippen LogP contribution in [-0.4, -0.2) is 48.1 Å². The Morgan fingerprint density at radius 3 is 2.36 bits per heavy atom. The summed E-state index contributed by atoms with van der Waals surface area (Å²) in [6.07, 6.45) is -1.75. The molecule has 3 aliphatic rings. The number of oxime groups is 1. The molecule has 276 valence electrons. The maximum absolute atomic E-state index is 13.9. The average Bonchev–Trinajstić information content (AvgIpc) is 3.68. The van der Waals surface area contributed by atoms with E-state index in [0.717, 1.165) is 29.1 Å². The van der Waals surface area contributed by atoms with Gasteiger partial charge in [0.2, 0.25) is 11.7 Å². The molecule has 0 N–H and O–H groups in total. The Morgan fingerprint density at radius 2 is 1.67 bits per heavy atom. The highest BCUT2D eigenvalue weighted by atomic mass is 16.7. The highest BCUT2D eigenvalue weighted by molar-refractivity contribution is 6.26. The van der Waals surface area contributed by atoms with Gasteiger partial charge in [-0.05, 0) is 44.0 Å². The zero-order valence-corrected chi connectivity index (χ0v) is 29.1. The van der Waals surface area contributed by atoms with E-state index in [9.17, 15) is 44.7 Å². The first-order valence-electron chi connectivity index (χ1n) is 16.8. The van der Waals surface area contributed by atoms with Gasteiger partial charge in [-0.1, -0.05) is 30.3 Å². The van der Waals surface area contributed by atoms with Gasteiger partial charge in [0.25, 0.3) is 22.6 Å². The molecule has 0 bridgehead atoms. The number of carbonyl (C=O) groups excluding carboxylic acids is 2. The first-order valence-corrected chi connectivity index (χ1v) is 16.8. The summed E-state index contributed by atoms with van der Waals surface area (Å²) in [7, 11) is 0. The van der Waals surface area contributed by atoms with Gasteiger partial charge in [0.1, 0.15) is 12.3 Å². The number of benzene rings is 3. The van der Waals surface area contributed by atoms with Crippen LogP contribution in [0.2, 0.25) is 0 Å². The topological polar surface area (TPSA) is 238 Å². The summed E-state index contributed by atoms with van der Waals surface area (Å²) in [5.41, 5.74) is -1.61. The number of aromatic nitrogens is 2. The van der Waals surface area contributed by atoms with Crippen molar-refractivity contribution >= 4 is 45.6 Å². The second kappa shape index (κ2) is 12.4. The number of hydrogen-bond acceptors (Lipinski definition) is 14. The van der Waals surface area contributed by atoms with Crippen molar-refractivity contribution in [3.05, 3.63) is 135 Å². The number of pyridine rings is 2. The molecule has 1 aliphatic carbocycles. The molecule has 0 amide bonds. The zero-order chi connectivity index (χ0) is 39.1. The summed E-state index contributed by atoms with van der Waals surface area (Å²) in [6, 6.07) is 15.1. The molecule has 2 aromatic heterocycles. The number of para-hydroxylation sites is 1. The van der Waals surface area contributed by atoms with Crippen LogP contribution in [0.3, 0.4) is 0 Å². The van der Waals surface area contributed by atoms with Crippen molar-refractivity contribution in [1.82, 2.24) is 9.55 Å². The monoisotopic (exact) mass is 746 g/mol. The molecule has 0 fully saturated rings. The van der Waals surface area contributed by atoms with E-state index < -0.39 is 61.0 Å². The third-order valence-electron chi connectivity index (χ3n) is 10.1. The minimum atomic E-state index is -2.09. The Balaban J connectivity index is 1.18. The van der Waals surface area contributed by atoms with Gasteiger partial charge in [0.05, 0.1) is 55.4 Å². The lowest BCUT2D eigenvalue weighted by Crippen LogP contribution is -2.48. The quantitative estimate of drug-likeness (QED) is 0.106. The molecular formula is C37H26N6O12. The Morgan fingerprint density at radius 1 is 0.982 bits per heavy atom. The van der Waals surface area contributed by atoms with Crippen LogP contribution in [0.25, 0.3) is 33.4 Å². The minimum absolute atomic E-state index is 0.00307. The Kier molecular flexibility index (Phi) is 7.80. The van der Waals surface area contributed by atoms with E-state index in [4.69, 9.17) is 19.3 Å². The van der Waals surface area contributed by atoms with Gasteiger partial charge in [-0.15, -0.1) is 0 Å². The summed E-state index contributed by atoms with van der Waals surface area (Å²) < 4.78 is 12.8. The van der Waals surface area contributed by atoms with E-state index in [0.29, 0.717) is 16.9 Å². The van der Waals surface area contributed by atoms with E-state index in [1.165, 1.54) is 24.5 Å². The fourth-order valence-corrected chi connectivity index (χ4v) is 7.46. The SMILES string of the molecule is CC[C@@]1(OC(=O)[C@@H](C)O/N=C2/c3cc([N+](=O)[O-])cc(C)c3-c3c2cc([N+](=O)[O-])cc3[N+](=O)[O-])C(=O)OCc2c1cc1n(c2=O)Cc2cc3ccccc3nc2-1. The lowest BCUT2D eigenvalue weighted by molar-refractivity contribution is -0.393. The molecule has 2 aliphatic heterocycles. The second-order valence-electron chi connectivity index (χ2n) is 13.2. The molecule has 8 rings (SSSR count). The molecule has 4 heterocycles. The Labute approximate surface area is 308 Å². The van der Waals surface area contributed by atoms with Crippen LogP contribution in [0.5, 0.6) is 0 Å². The van der Waals surface area contributed by atoms with Crippen LogP contribution >= 0.6 is 0 Å². The second-order valence-corrected chi connectivity index (χ2v) is 13.2. The maximum Gasteiger partial charge on any atom is 0.355 e. The number of nitro groups is 3. The number of non-ortho nitro benzene ring substituents is 2. The third-order valence-corrected chi connectivity index (χ3v) is 10.1. The predicted octanol–water partition coefficient (Wildman–Crippen LogP) is 5.50. The lowest BCUT2D eigenvalue weighted by atomic mass is 9.85. The Hall–Kier alpha value is -7.37. The van der Waals surface area contributed by atoms with Gasteiger partial charge in [0, 0.05) is 51.4 Å². The van der Waals surface area contributed by atoms with Gasteiger partial charge in [-0.2, -0.15) is 0 Å². The first-order chi connectivity index (χ1) is 26.2. The number of carbonyl (C=O) groups is 2. The zero-order valence-electron chi connectivity index (χ0n) is 29.1. The summed E-state index contributed by atoms with van der Waals surface area (Å²) in [6.45, 7) is 4.16. The van der Waals surface area contributed by atoms with E-state index in [2.05, 4.69) is 5.16 Å². The van der Waals surface area contributed by atoms with Crippen LogP contribution in [0, 0.1) is 37.3 Å². The van der Waals surface area contributed by atoms with Crippen molar-refractivity contribution in [3.63, 3.8) is 0 Å². The van der Waals surface area contributed by atoms with E-state index >= 15 is 0 Å². The van der Waals surface area contributed by atoms with Crippen molar-refractivity contribution in [2.75, 3.05) is 0 Å². The van der Waals surface area contributed by atoms with Crippen molar-refractivity contribution < 1.29 is 38.7 Å². The van der Waals surface area contributed by atoms with Crippen molar-refractivity contribution in [2.45, 2.75) is 52.0 Å². The van der Waals surface area contributed by atoms with Gasteiger partial charge < -0.3 is 18.9 Å². The number of cyclic esters (lactones) is 1. The molecule has 55 heavy (non-hydrogen) atoms. The number of rotatable bonds is 8. The molecule has 0 saturated carbocycles. The fraction of sp³-hybridized carbons (Fsp3) is 0.216. The van der Waals surface area contributed by atoms with E-state index in [-0.39, 0.29) is 64.2 Å². The fourth-order valence-electron chi connectivity index (χ4n) is 7.46. The summed E-state index contributed by atoms with van der Waals surface area (Å²) in [4.78, 5) is 85.0. The third kappa shape index (κ3) is 5.20. The highest BCUT2D eigenvalue weighted by Crippen LogP contribution is 2.48. The minimum Gasteiger partial charge on any atom is -0.457 e. The molecule has 3 aromatic carbocycles. The molecule has 18 nitrogen and oxygen atoms in total. The molecule has 0 saturated heterocycles. The molecule has 5 aromatic rings. The van der Waals surface area contributed by atoms with Gasteiger partial charge >= 0.3 is 11.9 Å². The molecule has 0 spiro atoms. The van der Waals surface area contributed by atoms with Gasteiger partial charge in [0.15, 0.2) is 0 Å². The molecule has 0 unspecified atom stereocenters. The van der Waals surface area contributed by atoms with Gasteiger partial charge in [-0.3, -0.25) is 35.1 Å². The van der Waals surface area contributed by atoms with Crippen molar-refractivity contribution in [1.29, 1.82) is 0 Å². The van der Waals surface area contributed by atoms with Crippen LogP contribution in [-0.2, 0) is 42.7 Å². The van der Waals surface area contributed by atoms with Crippen LogP contribution in [0.15, 0.2) is 70.6 Å². The van der Waals surface area contributed by atoms with Crippen LogP contribution in [0.4, 0.5) is 17.1 Å². The summed E-state index contributed by atoms with van der Waals surface area (Å²) >= 11 is 0. The Bertz CT molecular complexity index is 2720. The molecule has 18 heteroatoms. The van der Waals surface area contributed by atoms with Crippen LogP contribution in [0.1, 0.15) is 53.6 Å². The van der Waals surface area contributed by atoms with Gasteiger partial charge in [-0.25, -0.2) is 14.6 Å². The number of aryl methyl sites for hydroxylation is 1. The normalized spacial score (nSPS) is 17.4. The number of esters is 2. The summed E-state index contributed by atoms with van der Waals surface area (Å²) in [5, 5.41) is 40.6. The summed E-state index contributed by atoms with van der Waals surface area (Å²) in [5.74, 6) is -2.05. The smallest absolute Gasteiger partial charge is 0.355 e. The number of hydrogen-bond donors (Lipinski definition) is 0. The largest absolute Gasteiger partial charge is 0.457 e. The predicted molar refractivity (Wildman–Crippen MR) is 191 cm³/mol. The number of ether oxygens (including phenoxy) is 2. The average molecular weight is 747 g/mol. The maximum atomic E-state index is 13.9. The van der Waals surface area contributed by atoms with Crippen LogP contribution < -0.4 is 5.56 Å². The molecule has 2 atom stereocenters. The van der Waals surface area contributed by atoms with E-state index in [1.807, 2.05) is 30.3 Å². The first kappa shape index (κ1) is 34.7. The van der Waals surface area contributed by atoms with Crippen molar-refractivity contribution in [3.8, 4) is 22.5 Å².